The topological polar surface area (TPSA) is 100 Å². The summed E-state index contributed by atoms with van der Waals surface area (Å²) in [5.41, 5.74) is 1.06. The number of halogens is 1. The van der Waals surface area contributed by atoms with Gasteiger partial charge in [-0.3, -0.25) is 4.79 Å². The lowest BCUT2D eigenvalue weighted by atomic mass is 10.0. The number of ether oxygens (including phenoxy) is 1. The Morgan fingerprint density at radius 3 is 2.68 bits per heavy atom. The number of pyridine rings is 1. The van der Waals surface area contributed by atoms with Crippen molar-refractivity contribution in [2.24, 2.45) is 5.92 Å². The molecule has 0 saturated carbocycles. The monoisotopic (exact) mass is 489 g/mol. The largest absolute Gasteiger partial charge is 0.472 e. The fraction of sp³-hybridized carbons (Fsp3) is 0.417. The predicted octanol–water partition coefficient (Wildman–Crippen LogP) is 1.73. The molecule has 0 aliphatic carbocycles. The van der Waals surface area contributed by atoms with Gasteiger partial charge in [0.05, 0.1) is 25.4 Å². The van der Waals surface area contributed by atoms with Crippen molar-refractivity contribution in [2.45, 2.75) is 26.0 Å². The molecule has 182 valence electrons. The van der Waals surface area contributed by atoms with Gasteiger partial charge in [0.1, 0.15) is 17.5 Å². The molecule has 34 heavy (non-hydrogen) atoms. The number of hydrogen-bond donors (Lipinski definition) is 1. The molecule has 1 aromatic heterocycles. The molecule has 1 N–H and O–H groups in total. The molecule has 3 atom stereocenters. The highest BCUT2D eigenvalue weighted by atomic mass is 32.2. The van der Waals surface area contributed by atoms with E-state index in [1.165, 1.54) is 34.6 Å². The van der Waals surface area contributed by atoms with Crippen LogP contribution in [0.15, 0.2) is 36.5 Å². The molecule has 3 rings (SSSR count). The van der Waals surface area contributed by atoms with E-state index in [1.54, 1.807) is 25.1 Å². The summed E-state index contributed by atoms with van der Waals surface area (Å²) >= 11 is 0. The van der Waals surface area contributed by atoms with E-state index in [4.69, 9.17) is 4.74 Å². The summed E-state index contributed by atoms with van der Waals surface area (Å²) in [6.07, 6.45) is 1.97. The number of aliphatic hydroxyl groups excluding tert-OH is 1. The van der Waals surface area contributed by atoms with Crippen LogP contribution in [0.2, 0.25) is 0 Å². The van der Waals surface area contributed by atoms with Gasteiger partial charge in [-0.15, -0.1) is 0 Å². The highest BCUT2D eigenvalue weighted by Gasteiger charge is 2.35. The Labute approximate surface area is 199 Å². The van der Waals surface area contributed by atoms with Gasteiger partial charge in [-0.1, -0.05) is 24.8 Å². The number of aromatic nitrogens is 1. The Kier molecular flexibility index (Phi) is 7.92. The summed E-state index contributed by atoms with van der Waals surface area (Å²) in [6, 6.07) is 6.91. The van der Waals surface area contributed by atoms with Crippen molar-refractivity contribution in [1.82, 2.24) is 14.2 Å². The molecular weight excluding hydrogens is 461 g/mol. The van der Waals surface area contributed by atoms with E-state index in [0.717, 1.165) is 6.26 Å². The summed E-state index contributed by atoms with van der Waals surface area (Å²) in [7, 11) is -1.98. The average molecular weight is 490 g/mol. The van der Waals surface area contributed by atoms with Gasteiger partial charge < -0.3 is 14.7 Å². The quantitative estimate of drug-likeness (QED) is 0.643. The number of fused-ring (bicyclic) bond motifs is 1. The van der Waals surface area contributed by atoms with Crippen molar-refractivity contribution in [2.75, 3.05) is 33.0 Å². The molecule has 8 nitrogen and oxygen atoms in total. The lowest BCUT2D eigenvalue weighted by Crippen LogP contribution is -2.50. The van der Waals surface area contributed by atoms with Crippen molar-refractivity contribution >= 4 is 15.9 Å². The zero-order valence-electron chi connectivity index (χ0n) is 19.5. The van der Waals surface area contributed by atoms with Crippen LogP contribution in [0.25, 0.3) is 0 Å². The van der Waals surface area contributed by atoms with Crippen molar-refractivity contribution in [3.8, 4) is 17.7 Å². The Balaban J connectivity index is 2.02. The number of rotatable bonds is 5. The minimum atomic E-state index is -3.45. The van der Waals surface area contributed by atoms with E-state index in [2.05, 4.69) is 16.8 Å². The van der Waals surface area contributed by atoms with E-state index in [0.29, 0.717) is 11.1 Å². The lowest BCUT2D eigenvalue weighted by Gasteiger charge is -2.37. The maximum absolute atomic E-state index is 13.4. The van der Waals surface area contributed by atoms with Gasteiger partial charge in [-0.25, -0.2) is 22.1 Å². The van der Waals surface area contributed by atoms with Crippen LogP contribution in [0.3, 0.4) is 0 Å². The van der Waals surface area contributed by atoms with Crippen molar-refractivity contribution < 1.29 is 27.4 Å². The van der Waals surface area contributed by atoms with Gasteiger partial charge in [-0.2, -0.15) is 0 Å². The summed E-state index contributed by atoms with van der Waals surface area (Å²) in [5, 5.41) is 9.73. The summed E-state index contributed by atoms with van der Waals surface area (Å²) in [5.74, 6) is 4.77. The summed E-state index contributed by atoms with van der Waals surface area (Å²) in [6.45, 7) is 3.66. The molecule has 0 saturated heterocycles. The predicted molar refractivity (Wildman–Crippen MR) is 125 cm³/mol. The third-order valence-corrected chi connectivity index (χ3v) is 6.98. The number of sulfonamides is 1. The second kappa shape index (κ2) is 10.5. The number of amides is 1. The van der Waals surface area contributed by atoms with Crippen LogP contribution < -0.4 is 4.74 Å². The minimum absolute atomic E-state index is 0.0647. The van der Waals surface area contributed by atoms with E-state index in [-0.39, 0.29) is 43.0 Å². The lowest BCUT2D eigenvalue weighted by molar-refractivity contribution is 0.0373. The molecule has 1 aliphatic heterocycles. The first-order valence-corrected chi connectivity index (χ1v) is 12.6. The highest BCUT2D eigenvalue weighted by Crippen LogP contribution is 2.27. The SMILES string of the molecule is C[C@H](CO)N1C[C@H](C)[C@H](CN(C)S(C)(=O)=O)Oc2ncc(C#Cc3cccc(F)c3)cc2C1=O. The number of aliphatic hydroxyl groups is 1. The first kappa shape index (κ1) is 25.6. The molecule has 0 unspecified atom stereocenters. The van der Waals surface area contributed by atoms with Crippen molar-refractivity contribution in [3.05, 3.63) is 59.0 Å². The minimum Gasteiger partial charge on any atom is -0.472 e. The van der Waals surface area contributed by atoms with Crippen LogP contribution in [0, 0.1) is 23.6 Å². The summed E-state index contributed by atoms with van der Waals surface area (Å²) in [4.78, 5) is 19.2. The van der Waals surface area contributed by atoms with Gasteiger partial charge >= 0.3 is 0 Å². The van der Waals surface area contributed by atoms with Gasteiger partial charge in [-0.05, 0) is 31.2 Å². The Bertz CT molecular complexity index is 1220. The Hall–Kier alpha value is -3.00. The van der Waals surface area contributed by atoms with E-state index < -0.39 is 28.0 Å². The van der Waals surface area contributed by atoms with Crippen LogP contribution in [-0.4, -0.2) is 78.8 Å². The summed E-state index contributed by atoms with van der Waals surface area (Å²) < 4.78 is 44.6. The molecule has 1 aromatic carbocycles. The maximum Gasteiger partial charge on any atom is 0.259 e. The fourth-order valence-corrected chi connectivity index (χ4v) is 3.91. The maximum atomic E-state index is 13.4. The molecule has 2 aromatic rings. The third-order valence-electron chi connectivity index (χ3n) is 5.70. The van der Waals surface area contributed by atoms with Gasteiger partial charge in [0.25, 0.3) is 5.91 Å². The third kappa shape index (κ3) is 6.11. The molecule has 0 spiro atoms. The fourth-order valence-electron chi connectivity index (χ4n) is 3.49. The number of nitrogens with zero attached hydrogens (tertiary/aromatic N) is 3. The number of benzene rings is 1. The number of likely N-dealkylation sites (N-methyl/N-ethyl adjacent to an activating group) is 1. The van der Waals surface area contributed by atoms with Gasteiger partial charge in [0, 0.05) is 36.8 Å². The van der Waals surface area contributed by atoms with Crippen LogP contribution in [0.5, 0.6) is 5.88 Å². The zero-order chi connectivity index (χ0) is 25.0. The van der Waals surface area contributed by atoms with Gasteiger partial charge in [0.15, 0.2) is 0 Å². The second-order valence-electron chi connectivity index (χ2n) is 8.50. The first-order chi connectivity index (χ1) is 16.0. The molecule has 1 amide bonds. The molecule has 1 aliphatic rings. The molecule has 0 fully saturated rings. The smallest absolute Gasteiger partial charge is 0.259 e. The molecule has 0 radical (unpaired) electrons. The molecular formula is C24H28FN3O5S. The number of hydrogen-bond acceptors (Lipinski definition) is 6. The van der Waals surface area contributed by atoms with Crippen molar-refractivity contribution in [1.29, 1.82) is 0 Å². The molecule has 10 heteroatoms. The first-order valence-electron chi connectivity index (χ1n) is 10.8. The standard InChI is InChI=1S/C24H28FN3O5S/c1-16-13-28(17(2)15-29)24(30)21-11-19(9-8-18-6-5-7-20(25)10-18)12-26-23(21)33-22(16)14-27(3)34(4,31)32/h5-7,10-12,16-17,22,29H,13-15H2,1-4H3/t16-,17+,22-/m0/s1. The van der Waals surface area contributed by atoms with Crippen LogP contribution in [0.1, 0.15) is 35.3 Å². The molecule has 0 bridgehead atoms. The van der Waals surface area contributed by atoms with Crippen LogP contribution in [-0.2, 0) is 10.0 Å². The van der Waals surface area contributed by atoms with E-state index >= 15 is 0 Å². The van der Waals surface area contributed by atoms with Crippen LogP contribution >= 0.6 is 0 Å². The van der Waals surface area contributed by atoms with E-state index in [1.807, 2.05) is 6.92 Å². The average Bonchev–Trinajstić information content (AvgIpc) is 2.79. The zero-order valence-corrected chi connectivity index (χ0v) is 20.3. The normalized spacial score (nSPS) is 19.4. The highest BCUT2D eigenvalue weighted by molar-refractivity contribution is 7.88. The number of carbonyl (C=O) groups is 1. The van der Waals surface area contributed by atoms with E-state index in [9.17, 15) is 22.7 Å². The van der Waals surface area contributed by atoms with Gasteiger partial charge in [0.2, 0.25) is 15.9 Å². The molecule has 2 heterocycles. The Morgan fingerprint density at radius 1 is 1.32 bits per heavy atom. The van der Waals surface area contributed by atoms with Crippen LogP contribution in [0.4, 0.5) is 4.39 Å². The van der Waals surface area contributed by atoms with Crippen molar-refractivity contribution in [3.63, 3.8) is 0 Å². The Morgan fingerprint density at radius 2 is 2.03 bits per heavy atom. The number of carbonyl (C=O) groups excluding carboxylic acids is 1. The second-order valence-corrected chi connectivity index (χ2v) is 10.6.